The van der Waals surface area contributed by atoms with Gasteiger partial charge in [-0.2, -0.15) is 0 Å². The van der Waals surface area contributed by atoms with Crippen molar-refractivity contribution in [2.45, 2.75) is 70.6 Å². The molecule has 1 aliphatic heterocycles. The molecule has 1 aromatic carbocycles. The maximum absolute atomic E-state index is 12.6. The minimum absolute atomic E-state index is 0.00532. The Morgan fingerprint density at radius 2 is 2.03 bits per heavy atom. The fourth-order valence-corrected chi connectivity index (χ4v) is 3.52. The van der Waals surface area contributed by atoms with Gasteiger partial charge in [0.2, 0.25) is 5.91 Å². The SMILES string of the molecule is C[C@H](NC(=O)CC1(NC(=O)OC(C)(C)C)CCC1)c1ccc2c(c1)NC(=O)CO2. The summed E-state index contributed by atoms with van der Waals surface area (Å²) in [6.45, 7) is 7.30. The lowest BCUT2D eigenvalue weighted by atomic mass is 9.74. The third kappa shape index (κ3) is 5.40. The lowest BCUT2D eigenvalue weighted by Gasteiger charge is -2.42. The number of nitrogens with one attached hydrogen (secondary N) is 3. The van der Waals surface area contributed by atoms with Crippen molar-refractivity contribution in [3.05, 3.63) is 23.8 Å². The van der Waals surface area contributed by atoms with E-state index in [1.165, 1.54) is 0 Å². The third-order valence-electron chi connectivity index (χ3n) is 5.09. The fourth-order valence-electron chi connectivity index (χ4n) is 3.52. The van der Waals surface area contributed by atoms with Crippen LogP contribution in [0.25, 0.3) is 0 Å². The van der Waals surface area contributed by atoms with Crippen LogP contribution in [0, 0.1) is 0 Å². The van der Waals surface area contributed by atoms with Crippen LogP contribution in [0.2, 0.25) is 0 Å². The van der Waals surface area contributed by atoms with Gasteiger partial charge in [-0.25, -0.2) is 4.79 Å². The second kappa shape index (κ2) is 7.93. The summed E-state index contributed by atoms with van der Waals surface area (Å²) in [7, 11) is 0. The molecule has 2 aliphatic rings. The molecule has 8 nitrogen and oxygen atoms in total. The van der Waals surface area contributed by atoms with Gasteiger partial charge in [-0.3, -0.25) is 9.59 Å². The number of hydrogen-bond donors (Lipinski definition) is 3. The van der Waals surface area contributed by atoms with Crippen LogP contribution in [0.15, 0.2) is 18.2 Å². The lowest BCUT2D eigenvalue weighted by Crippen LogP contribution is -2.56. The highest BCUT2D eigenvalue weighted by atomic mass is 16.6. The molecule has 0 radical (unpaired) electrons. The minimum atomic E-state index is -0.586. The Kier molecular flexibility index (Phi) is 5.73. The molecule has 1 aliphatic carbocycles. The van der Waals surface area contributed by atoms with Crippen LogP contribution in [0.3, 0.4) is 0 Å². The van der Waals surface area contributed by atoms with Crippen LogP contribution >= 0.6 is 0 Å². The normalized spacial score (nSPS) is 18.3. The first-order valence-corrected chi connectivity index (χ1v) is 9.92. The molecular weight excluding hydrogens is 374 g/mol. The minimum Gasteiger partial charge on any atom is -0.482 e. The number of anilines is 1. The van der Waals surface area contributed by atoms with E-state index in [0.29, 0.717) is 11.4 Å². The van der Waals surface area contributed by atoms with E-state index in [0.717, 1.165) is 24.8 Å². The summed E-state index contributed by atoms with van der Waals surface area (Å²) in [6.07, 6.45) is 2.15. The molecule has 0 aromatic heterocycles. The summed E-state index contributed by atoms with van der Waals surface area (Å²) in [4.78, 5) is 36.3. The van der Waals surface area contributed by atoms with Crippen LogP contribution in [0.4, 0.5) is 10.5 Å². The van der Waals surface area contributed by atoms with Crippen molar-refractivity contribution in [3.8, 4) is 5.75 Å². The number of carbonyl (C=O) groups excluding carboxylic acids is 3. The van der Waals surface area contributed by atoms with Crippen molar-refractivity contribution in [1.82, 2.24) is 10.6 Å². The van der Waals surface area contributed by atoms with E-state index in [1.807, 2.05) is 13.0 Å². The van der Waals surface area contributed by atoms with Crippen LogP contribution in [0.1, 0.15) is 65.0 Å². The smallest absolute Gasteiger partial charge is 0.408 e. The molecule has 3 N–H and O–H groups in total. The standard InChI is InChI=1S/C21H29N3O5/c1-13(14-6-7-16-15(10-14)23-18(26)12-28-16)22-17(25)11-21(8-5-9-21)24-19(27)29-20(2,3)4/h6-7,10,13H,5,8-9,11-12H2,1-4H3,(H,22,25)(H,23,26)(H,24,27)/t13-/m0/s1. The number of ether oxygens (including phenoxy) is 2. The summed E-state index contributed by atoms with van der Waals surface area (Å²) in [5, 5.41) is 8.63. The Balaban J connectivity index is 1.59. The number of carbonyl (C=O) groups is 3. The summed E-state index contributed by atoms with van der Waals surface area (Å²) < 4.78 is 10.7. The van der Waals surface area contributed by atoms with Crippen LogP contribution in [-0.2, 0) is 14.3 Å². The average molecular weight is 403 g/mol. The summed E-state index contributed by atoms with van der Waals surface area (Å²) in [5.41, 5.74) is 0.314. The molecule has 0 spiro atoms. The van der Waals surface area contributed by atoms with Gasteiger partial charge < -0.3 is 25.4 Å². The number of rotatable bonds is 5. The van der Waals surface area contributed by atoms with Crippen molar-refractivity contribution >= 4 is 23.6 Å². The molecule has 8 heteroatoms. The summed E-state index contributed by atoms with van der Waals surface area (Å²) in [5.74, 6) is 0.264. The Morgan fingerprint density at radius 3 is 2.66 bits per heavy atom. The molecule has 0 unspecified atom stereocenters. The second-order valence-electron chi connectivity index (χ2n) is 8.82. The summed E-state index contributed by atoms with van der Waals surface area (Å²) in [6, 6.07) is 5.18. The Bertz CT molecular complexity index is 811. The van der Waals surface area contributed by atoms with Gasteiger partial charge in [0.25, 0.3) is 5.91 Å². The molecule has 3 rings (SSSR count). The van der Waals surface area contributed by atoms with Gasteiger partial charge in [0.05, 0.1) is 17.3 Å². The van der Waals surface area contributed by atoms with E-state index in [-0.39, 0.29) is 30.9 Å². The topological polar surface area (TPSA) is 106 Å². The van der Waals surface area contributed by atoms with Crippen molar-refractivity contribution in [2.24, 2.45) is 0 Å². The molecule has 0 saturated heterocycles. The Hall–Kier alpha value is -2.77. The highest BCUT2D eigenvalue weighted by molar-refractivity contribution is 5.95. The van der Waals surface area contributed by atoms with Crippen LogP contribution in [0.5, 0.6) is 5.75 Å². The molecule has 1 heterocycles. The van der Waals surface area contributed by atoms with E-state index < -0.39 is 17.2 Å². The Morgan fingerprint density at radius 1 is 1.31 bits per heavy atom. The van der Waals surface area contributed by atoms with Gasteiger partial charge in [-0.05, 0) is 64.7 Å². The lowest BCUT2D eigenvalue weighted by molar-refractivity contribution is -0.124. The fraction of sp³-hybridized carbons (Fsp3) is 0.571. The molecule has 1 aromatic rings. The third-order valence-corrected chi connectivity index (χ3v) is 5.09. The number of benzene rings is 1. The molecule has 0 bridgehead atoms. The van der Waals surface area contributed by atoms with E-state index >= 15 is 0 Å². The first-order chi connectivity index (χ1) is 13.6. The molecule has 29 heavy (non-hydrogen) atoms. The van der Waals surface area contributed by atoms with Crippen molar-refractivity contribution < 1.29 is 23.9 Å². The molecule has 158 valence electrons. The van der Waals surface area contributed by atoms with Gasteiger partial charge in [0, 0.05) is 6.42 Å². The second-order valence-corrected chi connectivity index (χ2v) is 8.82. The zero-order valence-electron chi connectivity index (χ0n) is 17.4. The van der Waals surface area contributed by atoms with Gasteiger partial charge in [-0.1, -0.05) is 6.07 Å². The predicted octanol–water partition coefficient (Wildman–Crippen LogP) is 3.03. The van der Waals surface area contributed by atoms with Crippen molar-refractivity contribution in [2.75, 3.05) is 11.9 Å². The van der Waals surface area contributed by atoms with E-state index in [4.69, 9.17) is 9.47 Å². The number of fused-ring (bicyclic) bond motifs is 1. The maximum Gasteiger partial charge on any atom is 0.408 e. The van der Waals surface area contributed by atoms with E-state index in [1.54, 1.807) is 32.9 Å². The largest absolute Gasteiger partial charge is 0.482 e. The number of hydrogen-bond acceptors (Lipinski definition) is 5. The molecule has 3 amide bonds. The summed E-state index contributed by atoms with van der Waals surface area (Å²) >= 11 is 0. The molecule has 1 fully saturated rings. The van der Waals surface area contributed by atoms with Crippen LogP contribution < -0.4 is 20.7 Å². The molecule has 1 saturated carbocycles. The van der Waals surface area contributed by atoms with E-state index in [2.05, 4.69) is 16.0 Å². The maximum atomic E-state index is 12.6. The Labute approximate surface area is 170 Å². The highest BCUT2D eigenvalue weighted by Crippen LogP contribution is 2.36. The zero-order chi connectivity index (χ0) is 21.2. The van der Waals surface area contributed by atoms with Crippen LogP contribution in [-0.4, -0.2) is 35.7 Å². The average Bonchev–Trinajstić information content (AvgIpc) is 2.57. The van der Waals surface area contributed by atoms with Crippen molar-refractivity contribution in [3.63, 3.8) is 0 Å². The van der Waals surface area contributed by atoms with Gasteiger partial charge >= 0.3 is 6.09 Å². The van der Waals surface area contributed by atoms with Crippen molar-refractivity contribution in [1.29, 1.82) is 0 Å². The van der Waals surface area contributed by atoms with Gasteiger partial charge in [0.1, 0.15) is 11.4 Å². The quantitative estimate of drug-likeness (QED) is 0.701. The first kappa shape index (κ1) is 21.0. The number of alkyl carbamates (subject to hydrolysis) is 1. The highest BCUT2D eigenvalue weighted by Gasteiger charge is 2.41. The number of amides is 3. The first-order valence-electron chi connectivity index (χ1n) is 9.92. The van der Waals surface area contributed by atoms with E-state index in [9.17, 15) is 14.4 Å². The predicted molar refractivity (Wildman–Crippen MR) is 108 cm³/mol. The molecule has 1 atom stereocenters. The monoisotopic (exact) mass is 403 g/mol. The van der Waals surface area contributed by atoms with Gasteiger partial charge in [-0.15, -0.1) is 0 Å². The van der Waals surface area contributed by atoms with Gasteiger partial charge in [0.15, 0.2) is 6.61 Å². The molecular formula is C21H29N3O5. The zero-order valence-corrected chi connectivity index (χ0v) is 17.4.